The summed E-state index contributed by atoms with van der Waals surface area (Å²) in [4.78, 5) is 11.7. The molecule has 5 nitrogen and oxygen atoms in total. The van der Waals surface area contributed by atoms with Crippen molar-refractivity contribution in [2.45, 2.75) is 57.6 Å². The predicted octanol–water partition coefficient (Wildman–Crippen LogP) is 1.49. The zero-order valence-electron chi connectivity index (χ0n) is 13.2. The Balaban J connectivity index is 2.40. The highest BCUT2D eigenvalue weighted by molar-refractivity contribution is 5.72. The number of hydrogen-bond donors (Lipinski definition) is 2. The summed E-state index contributed by atoms with van der Waals surface area (Å²) in [6.07, 6.45) is 2.66. The predicted molar refractivity (Wildman–Crippen MR) is 77.5 cm³/mol. The Bertz CT molecular complexity index is 309. The number of β-amino-alcohol motifs (C(OH)–C–C–N with tert-alkyl or cyclic N) is 1. The molecule has 1 fully saturated rings. The van der Waals surface area contributed by atoms with Gasteiger partial charge in [-0.1, -0.05) is 0 Å². The first kappa shape index (κ1) is 17.4. The lowest BCUT2D eigenvalue weighted by Crippen LogP contribution is -2.52. The maximum atomic E-state index is 11.7. The average molecular weight is 287 g/mol. The van der Waals surface area contributed by atoms with Crippen LogP contribution < -0.4 is 5.32 Å². The molecular weight excluding hydrogens is 258 g/mol. The zero-order chi connectivity index (χ0) is 15.2. The van der Waals surface area contributed by atoms with Gasteiger partial charge in [0, 0.05) is 19.2 Å². The molecule has 0 amide bonds. The number of ether oxygens (including phenoxy) is 2. The van der Waals surface area contributed by atoms with Crippen molar-refractivity contribution in [3.63, 3.8) is 0 Å². The minimum absolute atomic E-state index is 0.0535. The summed E-state index contributed by atoms with van der Waals surface area (Å²) in [5, 5.41) is 13.9. The third-order valence-corrected chi connectivity index (χ3v) is 3.94. The summed E-state index contributed by atoms with van der Waals surface area (Å²) >= 11 is 0. The van der Waals surface area contributed by atoms with Gasteiger partial charge in [-0.15, -0.1) is 0 Å². The molecule has 1 rings (SSSR count). The maximum absolute atomic E-state index is 11.7. The Morgan fingerprint density at radius 1 is 1.40 bits per heavy atom. The fourth-order valence-electron chi connectivity index (χ4n) is 2.64. The minimum Gasteiger partial charge on any atom is -0.466 e. The molecule has 0 aromatic heterocycles. The van der Waals surface area contributed by atoms with Crippen LogP contribution >= 0.6 is 0 Å². The second-order valence-electron chi connectivity index (χ2n) is 6.42. The number of aliphatic hydroxyl groups is 1. The van der Waals surface area contributed by atoms with Crippen LogP contribution in [-0.4, -0.2) is 49.1 Å². The van der Waals surface area contributed by atoms with Crippen molar-refractivity contribution in [1.29, 1.82) is 0 Å². The van der Waals surface area contributed by atoms with Gasteiger partial charge in [-0.3, -0.25) is 4.79 Å². The molecule has 0 spiro atoms. The molecule has 0 unspecified atom stereocenters. The van der Waals surface area contributed by atoms with E-state index in [4.69, 9.17) is 9.47 Å². The van der Waals surface area contributed by atoms with Crippen molar-refractivity contribution in [1.82, 2.24) is 5.32 Å². The molecule has 0 aromatic carbocycles. The number of esters is 1. The lowest BCUT2D eigenvalue weighted by molar-refractivity contribution is -0.151. The first-order valence-corrected chi connectivity index (χ1v) is 7.45. The molecule has 0 bridgehead atoms. The molecule has 5 heteroatoms. The highest BCUT2D eigenvalue weighted by Crippen LogP contribution is 2.32. The Hall–Kier alpha value is -0.650. The maximum Gasteiger partial charge on any atom is 0.308 e. The van der Waals surface area contributed by atoms with Gasteiger partial charge in [0.15, 0.2) is 0 Å². The van der Waals surface area contributed by atoms with E-state index in [1.165, 1.54) is 0 Å². The van der Waals surface area contributed by atoms with Crippen LogP contribution in [0.3, 0.4) is 0 Å². The molecule has 0 saturated heterocycles. The van der Waals surface area contributed by atoms with Gasteiger partial charge in [-0.25, -0.2) is 0 Å². The molecule has 1 aliphatic rings. The second-order valence-corrected chi connectivity index (χ2v) is 6.42. The van der Waals surface area contributed by atoms with Crippen LogP contribution in [0.4, 0.5) is 0 Å². The van der Waals surface area contributed by atoms with Crippen molar-refractivity contribution >= 4 is 5.97 Å². The molecule has 1 saturated carbocycles. The van der Waals surface area contributed by atoms with Crippen LogP contribution in [0, 0.1) is 5.92 Å². The van der Waals surface area contributed by atoms with Crippen molar-refractivity contribution in [2.75, 3.05) is 26.9 Å². The van der Waals surface area contributed by atoms with Crippen molar-refractivity contribution < 1.29 is 19.4 Å². The molecule has 0 aromatic rings. The van der Waals surface area contributed by atoms with E-state index in [1.807, 2.05) is 20.8 Å². The Morgan fingerprint density at radius 3 is 2.50 bits per heavy atom. The van der Waals surface area contributed by atoms with Gasteiger partial charge in [0.05, 0.1) is 24.7 Å². The van der Waals surface area contributed by atoms with Crippen molar-refractivity contribution in [3.8, 4) is 0 Å². The van der Waals surface area contributed by atoms with Gasteiger partial charge in [0.25, 0.3) is 0 Å². The quantitative estimate of drug-likeness (QED) is 0.694. The number of carbonyl (C=O) groups excluding carboxylic acids is 1. The molecule has 20 heavy (non-hydrogen) atoms. The third-order valence-electron chi connectivity index (χ3n) is 3.94. The van der Waals surface area contributed by atoms with Crippen LogP contribution in [0.5, 0.6) is 0 Å². The standard InChI is InChI=1S/C15H29NO4/c1-5-20-13(17)12-6-8-15(18,9-7-12)10-16-14(2,3)11-19-4/h12,16,18H,5-11H2,1-4H3. The fourth-order valence-corrected chi connectivity index (χ4v) is 2.64. The fraction of sp³-hybridized carbons (Fsp3) is 0.933. The van der Waals surface area contributed by atoms with E-state index in [9.17, 15) is 9.90 Å². The van der Waals surface area contributed by atoms with E-state index >= 15 is 0 Å². The van der Waals surface area contributed by atoms with E-state index in [0.717, 1.165) is 0 Å². The van der Waals surface area contributed by atoms with Gasteiger partial charge in [-0.2, -0.15) is 0 Å². The lowest BCUT2D eigenvalue weighted by Gasteiger charge is -2.38. The van der Waals surface area contributed by atoms with Crippen LogP contribution in [0.1, 0.15) is 46.5 Å². The van der Waals surface area contributed by atoms with E-state index in [-0.39, 0.29) is 17.4 Å². The van der Waals surface area contributed by atoms with Crippen molar-refractivity contribution in [3.05, 3.63) is 0 Å². The first-order chi connectivity index (χ1) is 9.32. The Kier molecular flexibility index (Phi) is 6.43. The topological polar surface area (TPSA) is 67.8 Å². The largest absolute Gasteiger partial charge is 0.466 e. The summed E-state index contributed by atoms with van der Waals surface area (Å²) in [5.41, 5.74) is -0.892. The van der Waals surface area contributed by atoms with E-state index in [1.54, 1.807) is 7.11 Å². The average Bonchev–Trinajstić information content (AvgIpc) is 2.38. The minimum atomic E-state index is -0.728. The summed E-state index contributed by atoms with van der Waals surface area (Å²) in [6.45, 7) is 7.45. The van der Waals surface area contributed by atoms with E-state index in [0.29, 0.717) is 45.4 Å². The highest BCUT2D eigenvalue weighted by Gasteiger charge is 2.37. The summed E-state index contributed by atoms with van der Waals surface area (Å²) in [7, 11) is 1.67. The SMILES string of the molecule is CCOC(=O)C1CCC(O)(CNC(C)(C)COC)CC1. The van der Waals surface area contributed by atoms with Crippen LogP contribution in [0.15, 0.2) is 0 Å². The van der Waals surface area contributed by atoms with E-state index < -0.39 is 5.60 Å². The van der Waals surface area contributed by atoms with Gasteiger partial charge in [0.2, 0.25) is 0 Å². The number of hydrogen-bond acceptors (Lipinski definition) is 5. The first-order valence-electron chi connectivity index (χ1n) is 7.45. The molecule has 0 aliphatic heterocycles. The summed E-state index contributed by atoms with van der Waals surface area (Å²) < 4.78 is 10.2. The molecule has 0 radical (unpaired) electrons. The second kappa shape index (κ2) is 7.38. The molecule has 0 atom stereocenters. The van der Waals surface area contributed by atoms with Gasteiger partial charge in [-0.05, 0) is 46.5 Å². The molecule has 1 aliphatic carbocycles. The third kappa shape index (κ3) is 5.38. The zero-order valence-corrected chi connectivity index (χ0v) is 13.2. The smallest absolute Gasteiger partial charge is 0.308 e. The molecular formula is C15H29NO4. The molecule has 118 valence electrons. The molecule has 2 N–H and O–H groups in total. The van der Waals surface area contributed by atoms with Crippen molar-refractivity contribution in [2.24, 2.45) is 5.92 Å². The lowest BCUT2D eigenvalue weighted by atomic mass is 9.78. The number of carbonyl (C=O) groups is 1. The summed E-state index contributed by atoms with van der Waals surface area (Å²) in [6, 6.07) is 0. The van der Waals surface area contributed by atoms with Gasteiger partial charge >= 0.3 is 5.97 Å². The van der Waals surface area contributed by atoms with Crippen LogP contribution in [0.25, 0.3) is 0 Å². The normalized spacial score (nSPS) is 27.4. The molecule has 0 heterocycles. The van der Waals surface area contributed by atoms with E-state index in [2.05, 4.69) is 5.32 Å². The number of methoxy groups -OCH3 is 1. The van der Waals surface area contributed by atoms with Crippen LogP contribution in [-0.2, 0) is 14.3 Å². The summed E-state index contributed by atoms with van der Waals surface area (Å²) in [5.74, 6) is -0.176. The number of rotatable bonds is 7. The van der Waals surface area contributed by atoms with Gasteiger partial charge < -0.3 is 19.9 Å². The highest BCUT2D eigenvalue weighted by atomic mass is 16.5. The Morgan fingerprint density at radius 2 is 2.00 bits per heavy atom. The number of nitrogens with one attached hydrogen (secondary N) is 1. The van der Waals surface area contributed by atoms with Crippen LogP contribution in [0.2, 0.25) is 0 Å². The van der Waals surface area contributed by atoms with Gasteiger partial charge in [0.1, 0.15) is 0 Å². The Labute approximate surface area is 122 Å². The monoisotopic (exact) mass is 287 g/mol.